The Morgan fingerprint density at radius 2 is 1.78 bits per heavy atom. The van der Waals surface area contributed by atoms with Gasteiger partial charge < -0.3 is 15.2 Å². The first kappa shape index (κ1) is 12.9. The van der Waals surface area contributed by atoms with Gasteiger partial charge >= 0.3 is 5.97 Å². The highest BCUT2D eigenvalue weighted by atomic mass is 16.5. The number of nitrogens with one attached hydrogen (secondary N) is 1. The average Bonchev–Trinajstić information content (AvgIpc) is 2.28. The number of rotatable bonds is 3. The van der Waals surface area contributed by atoms with Crippen LogP contribution in [0.25, 0.3) is 0 Å². The predicted octanol–water partition coefficient (Wildman–Crippen LogP) is 2.75. The lowest BCUT2D eigenvalue weighted by Crippen LogP contribution is -2.36. The Labute approximate surface area is 107 Å². The molecule has 2 unspecified atom stereocenters. The zero-order chi connectivity index (χ0) is 13.1. The molecule has 18 heavy (non-hydrogen) atoms. The number of aromatic carboxylic acids is 1. The minimum atomic E-state index is -0.894. The lowest BCUT2D eigenvalue weighted by atomic mass is 9.99. The topological polar surface area (TPSA) is 58.6 Å². The fourth-order valence-electron chi connectivity index (χ4n) is 2.47. The predicted molar refractivity (Wildman–Crippen MR) is 70.1 cm³/mol. The number of hydrogen-bond donors (Lipinski definition) is 2. The summed E-state index contributed by atoms with van der Waals surface area (Å²) >= 11 is 0. The lowest BCUT2D eigenvalue weighted by Gasteiger charge is -2.33. The molecule has 1 aliphatic rings. The van der Waals surface area contributed by atoms with E-state index in [1.807, 2.05) is 12.1 Å². The Morgan fingerprint density at radius 3 is 2.28 bits per heavy atom. The van der Waals surface area contributed by atoms with E-state index >= 15 is 0 Å². The van der Waals surface area contributed by atoms with Crippen LogP contribution in [0.1, 0.15) is 37.0 Å². The number of benzene rings is 1. The van der Waals surface area contributed by atoms with E-state index in [4.69, 9.17) is 9.84 Å². The summed E-state index contributed by atoms with van der Waals surface area (Å²) < 4.78 is 5.69. The summed E-state index contributed by atoms with van der Waals surface area (Å²) in [5, 5.41) is 12.3. The van der Waals surface area contributed by atoms with Crippen molar-refractivity contribution in [3.8, 4) is 0 Å². The fraction of sp³-hybridized carbons (Fsp3) is 0.500. The summed E-state index contributed by atoms with van der Waals surface area (Å²) in [7, 11) is 0. The Kier molecular flexibility index (Phi) is 3.87. The highest BCUT2D eigenvalue weighted by molar-refractivity contribution is 5.87. The van der Waals surface area contributed by atoms with E-state index in [0.29, 0.717) is 11.6 Å². The Hall–Kier alpha value is -1.55. The van der Waals surface area contributed by atoms with Gasteiger partial charge in [-0.1, -0.05) is 0 Å². The molecule has 0 aromatic heterocycles. The van der Waals surface area contributed by atoms with Crippen LogP contribution in [-0.2, 0) is 4.74 Å². The van der Waals surface area contributed by atoms with Gasteiger partial charge in [0.15, 0.2) is 0 Å². The normalized spacial score (nSPS) is 27.8. The van der Waals surface area contributed by atoms with Crippen LogP contribution >= 0.6 is 0 Å². The van der Waals surface area contributed by atoms with Gasteiger partial charge in [0.05, 0.1) is 17.8 Å². The number of hydrogen-bond acceptors (Lipinski definition) is 3. The van der Waals surface area contributed by atoms with Crippen LogP contribution < -0.4 is 5.32 Å². The number of carboxylic acid groups (broad SMARTS) is 1. The van der Waals surface area contributed by atoms with E-state index in [1.165, 1.54) is 0 Å². The molecule has 1 aliphatic heterocycles. The molecule has 1 saturated heterocycles. The second kappa shape index (κ2) is 5.40. The first-order valence-electron chi connectivity index (χ1n) is 6.30. The zero-order valence-electron chi connectivity index (χ0n) is 10.7. The van der Waals surface area contributed by atoms with Crippen LogP contribution in [0.15, 0.2) is 24.3 Å². The summed E-state index contributed by atoms with van der Waals surface area (Å²) in [6.45, 7) is 4.16. The highest BCUT2D eigenvalue weighted by Gasteiger charge is 2.24. The molecule has 98 valence electrons. The van der Waals surface area contributed by atoms with E-state index in [1.54, 1.807) is 12.1 Å². The van der Waals surface area contributed by atoms with Crippen molar-refractivity contribution in [2.75, 3.05) is 5.32 Å². The lowest BCUT2D eigenvalue weighted by molar-refractivity contribution is -0.0337. The highest BCUT2D eigenvalue weighted by Crippen LogP contribution is 2.22. The summed E-state index contributed by atoms with van der Waals surface area (Å²) in [5.41, 5.74) is 1.28. The molecule has 2 N–H and O–H groups in total. The van der Waals surface area contributed by atoms with Crippen molar-refractivity contribution in [3.05, 3.63) is 29.8 Å². The first-order chi connectivity index (χ1) is 8.54. The van der Waals surface area contributed by atoms with E-state index < -0.39 is 5.97 Å². The summed E-state index contributed by atoms with van der Waals surface area (Å²) in [4.78, 5) is 10.8. The fourth-order valence-corrected chi connectivity index (χ4v) is 2.47. The molecule has 4 nitrogen and oxygen atoms in total. The molecule has 1 aromatic rings. The maximum absolute atomic E-state index is 10.8. The molecule has 0 bridgehead atoms. The molecule has 0 saturated carbocycles. The molecule has 2 rings (SSSR count). The van der Waals surface area contributed by atoms with Crippen molar-refractivity contribution in [1.29, 1.82) is 0 Å². The van der Waals surface area contributed by atoms with Crippen molar-refractivity contribution in [3.63, 3.8) is 0 Å². The largest absolute Gasteiger partial charge is 0.478 e. The van der Waals surface area contributed by atoms with Gasteiger partial charge in [-0.3, -0.25) is 0 Å². The van der Waals surface area contributed by atoms with Crippen LogP contribution in [0.5, 0.6) is 0 Å². The van der Waals surface area contributed by atoms with Gasteiger partial charge in [0.1, 0.15) is 0 Å². The minimum absolute atomic E-state index is 0.268. The second-order valence-corrected chi connectivity index (χ2v) is 4.95. The third-order valence-corrected chi connectivity index (χ3v) is 3.20. The van der Waals surface area contributed by atoms with Crippen molar-refractivity contribution in [2.24, 2.45) is 0 Å². The molecule has 4 heteroatoms. The maximum Gasteiger partial charge on any atom is 0.335 e. The van der Waals surface area contributed by atoms with Gasteiger partial charge in [0.2, 0.25) is 0 Å². The molecule has 0 radical (unpaired) electrons. The average molecular weight is 249 g/mol. The monoisotopic (exact) mass is 249 g/mol. The Balaban J connectivity index is 1.98. The quantitative estimate of drug-likeness (QED) is 0.864. The summed E-state index contributed by atoms with van der Waals surface area (Å²) in [6, 6.07) is 7.26. The van der Waals surface area contributed by atoms with Gasteiger partial charge in [-0.2, -0.15) is 0 Å². The van der Waals surface area contributed by atoms with E-state index in [2.05, 4.69) is 19.2 Å². The smallest absolute Gasteiger partial charge is 0.335 e. The van der Waals surface area contributed by atoms with Crippen molar-refractivity contribution >= 4 is 11.7 Å². The van der Waals surface area contributed by atoms with E-state index in [-0.39, 0.29) is 12.2 Å². The van der Waals surface area contributed by atoms with Gasteiger partial charge in [-0.05, 0) is 51.0 Å². The third kappa shape index (κ3) is 3.23. The van der Waals surface area contributed by atoms with Crippen molar-refractivity contribution < 1.29 is 14.6 Å². The van der Waals surface area contributed by atoms with E-state index in [0.717, 1.165) is 18.5 Å². The van der Waals surface area contributed by atoms with Crippen LogP contribution in [0, 0.1) is 0 Å². The minimum Gasteiger partial charge on any atom is -0.478 e. The zero-order valence-corrected chi connectivity index (χ0v) is 10.7. The molecular weight excluding hydrogens is 230 g/mol. The third-order valence-electron chi connectivity index (χ3n) is 3.20. The second-order valence-electron chi connectivity index (χ2n) is 4.95. The number of ether oxygens (including phenoxy) is 1. The van der Waals surface area contributed by atoms with Crippen molar-refractivity contribution in [2.45, 2.75) is 44.9 Å². The molecule has 2 atom stereocenters. The van der Waals surface area contributed by atoms with E-state index in [9.17, 15) is 4.79 Å². The van der Waals surface area contributed by atoms with Gasteiger partial charge in [0.25, 0.3) is 0 Å². The Morgan fingerprint density at radius 1 is 1.22 bits per heavy atom. The van der Waals surface area contributed by atoms with Crippen LogP contribution in [-0.4, -0.2) is 29.3 Å². The molecule has 1 fully saturated rings. The first-order valence-corrected chi connectivity index (χ1v) is 6.30. The molecule has 0 aliphatic carbocycles. The molecule has 0 spiro atoms. The number of carbonyl (C=O) groups is 1. The number of carboxylic acids is 1. The maximum atomic E-state index is 10.8. The number of anilines is 1. The van der Waals surface area contributed by atoms with Crippen LogP contribution in [0.2, 0.25) is 0 Å². The van der Waals surface area contributed by atoms with Crippen LogP contribution in [0.3, 0.4) is 0 Å². The summed E-state index contributed by atoms with van der Waals surface area (Å²) in [5.74, 6) is -0.894. The molecule has 1 heterocycles. The molecular formula is C14H19NO3. The Bertz CT molecular complexity index is 406. The SMILES string of the molecule is CC1CC(Nc2ccc(C(=O)O)cc2)CC(C)O1. The standard InChI is InChI=1S/C14H19NO3/c1-9-7-13(8-10(2)18-9)15-12-5-3-11(4-6-12)14(16)17/h3-6,9-10,13,15H,7-8H2,1-2H3,(H,16,17). The summed E-state index contributed by atoms with van der Waals surface area (Å²) in [6.07, 6.45) is 2.49. The van der Waals surface area contributed by atoms with Gasteiger partial charge in [0, 0.05) is 11.7 Å². The van der Waals surface area contributed by atoms with Crippen LogP contribution in [0.4, 0.5) is 5.69 Å². The van der Waals surface area contributed by atoms with Crippen molar-refractivity contribution in [1.82, 2.24) is 0 Å². The molecule has 0 amide bonds. The van der Waals surface area contributed by atoms with Gasteiger partial charge in [-0.25, -0.2) is 4.79 Å². The molecule has 1 aromatic carbocycles. The van der Waals surface area contributed by atoms with Gasteiger partial charge in [-0.15, -0.1) is 0 Å².